The summed E-state index contributed by atoms with van der Waals surface area (Å²) in [5.74, 6) is 1.58. The number of fused-ring (bicyclic) bond motifs is 1. The van der Waals surface area contributed by atoms with Crippen LogP contribution in [0.1, 0.15) is 43.0 Å². The molecule has 3 heterocycles. The molecule has 1 aliphatic rings. The third-order valence-electron chi connectivity index (χ3n) is 5.17. The minimum absolute atomic E-state index is 0.257. The van der Waals surface area contributed by atoms with Gasteiger partial charge < -0.3 is 10.3 Å². The summed E-state index contributed by atoms with van der Waals surface area (Å²) in [7, 11) is 0. The van der Waals surface area contributed by atoms with Gasteiger partial charge in [-0.1, -0.05) is 12.1 Å². The van der Waals surface area contributed by atoms with E-state index in [0.717, 1.165) is 11.3 Å². The normalized spacial score (nSPS) is 15.1. The highest BCUT2D eigenvalue weighted by Crippen LogP contribution is 2.39. The van der Waals surface area contributed by atoms with Crippen molar-refractivity contribution < 1.29 is 4.39 Å². The first kappa shape index (κ1) is 16.7. The highest BCUT2D eigenvalue weighted by atomic mass is 19.1. The molecule has 8 heteroatoms. The second kappa shape index (κ2) is 6.33. The van der Waals surface area contributed by atoms with E-state index in [1.54, 1.807) is 22.8 Å². The summed E-state index contributed by atoms with van der Waals surface area (Å²) < 4.78 is 14.8. The minimum atomic E-state index is -0.309. The predicted molar refractivity (Wildman–Crippen MR) is 104 cm³/mol. The molecule has 0 saturated heterocycles. The van der Waals surface area contributed by atoms with Gasteiger partial charge in [-0.05, 0) is 49.6 Å². The van der Waals surface area contributed by atoms with Gasteiger partial charge in [0.15, 0.2) is 11.5 Å². The summed E-state index contributed by atoms with van der Waals surface area (Å²) >= 11 is 0. The van der Waals surface area contributed by atoms with E-state index < -0.39 is 0 Å². The number of nitrogens with one attached hydrogen (secondary N) is 3. The Morgan fingerprint density at radius 3 is 2.71 bits per heavy atom. The summed E-state index contributed by atoms with van der Waals surface area (Å²) in [6, 6.07) is 11.5. The Morgan fingerprint density at radius 2 is 1.96 bits per heavy atom. The van der Waals surface area contributed by atoms with Gasteiger partial charge in [-0.3, -0.25) is 9.67 Å². The Morgan fingerprint density at radius 1 is 1.18 bits per heavy atom. The molecule has 0 bridgehead atoms. The van der Waals surface area contributed by atoms with Crippen LogP contribution in [0.2, 0.25) is 0 Å². The number of pyridine rings is 1. The molecule has 1 aliphatic carbocycles. The van der Waals surface area contributed by atoms with Crippen LogP contribution in [0, 0.1) is 5.82 Å². The van der Waals surface area contributed by atoms with E-state index in [-0.39, 0.29) is 17.5 Å². The lowest BCUT2D eigenvalue weighted by Crippen LogP contribution is -2.21. The van der Waals surface area contributed by atoms with Crippen LogP contribution in [0.3, 0.4) is 0 Å². The molecule has 3 aromatic heterocycles. The topological polar surface area (TPSA) is 91.4 Å². The number of aromatic nitrogens is 5. The lowest BCUT2D eigenvalue weighted by atomic mass is 10.1. The van der Waals surface area contributed by atoms with E-state index in [1.165, 1.54) is 25.0 Å². The molecule has 7 nitrogen and oxygen atoms in total. The summed E-state index contributed by atoms with van der Waals surface area (Å²) in [6.45, 7) is 1.89. The van der Waals surface area contributed by atoms with Crippen LogP contribution >= 0.6 is 0 Å². The number of halogens is 1. The predicted octanol–water partition coefficient (Wildman–Crippen LogP) is 3.82. The van der Waals surface area contributed by atoms with Crippen molar-refractivity contribution in [2.24, 2.45) is 0 Å². The van der Waals surface area contributed by atoms with Crippen molar-refractivity contribution in [3.63, 3.8) is 0 Å². The van der Waals surface area contributed by atoms with Crippen LogP contribution in [0.15, 0.2) is 47.3 Å². The summed E-state index contributed by atoms with van der Waals surface area (Å²) in [4.78, 5) is 20.0. The molecule has 4 aromatic rings. The van der Waals surface area contributed by atoms with Crippen molar-refractivity contribution in [3.05, 3.63) is 70.0 Å². The molecule has 0 aliphatic heterocycles. The van der Waals surface area contributed by atoms with E-state index in [2.05, 4.69) is 25.5 Å². The van der Waals surface area contributed by atoms with Gasteiger partial charge in [-0.2, -0.15) is 5.10 Å². The van der Waals surface area contributed by atoms with Crippen LogP contribution in [0.5, 0.6) is 0 Å². The van der Waals surface area contributed by atoms with Gasteiger partial charge in [0.25, 0.3) is 0 Å². The molecule has 1 saturated carbocycles. The summed E-state index contributed by atoms with van der Waals surface area (Å²) in [5, 5.41) is 10.5. The van der Waals surface area contributed by atoms with Gasteiger partial charge >= 0.3 is 5.69 Å². The fraction of sp³-hybridized carbons (Fsp3) is 0.250. The summed E-state index contributed by atoms with van der Waals surface area (Å²) in [5.41, 5.74) is 2.88. The number of hydrogen-bond acceptors (Lipinski definition) is 4. The quantitative estimate of drug-likeness (QED) is 0.492. The van der Waals surface area contributed by atoms with Gasteiger partial charge in [0.05, 0.1) is 11.6 Å². The molecule has 1 fully saturated rings. The van der Waals surface area contributed by atoms with Crippen molar-refractivity contribution in [2.75, 3.05) is 5.32 Å². The zero-order valence-corrected chi connectivity index (χ0v) is 15.2. The number of benzene rings is 1. The zero-order valence-electron chi connectivity index (χ0n) is 15.2. The first-order valence-electron chi connectivity index (χ1n) is 9.27. The van der Waals surface area contributed by atoms with E-state index in [9.17, 15) is 9.18 Å². The number of hydrogen-bond donors (Lipinski definition) is 3. The standard InChI is InChI=1S/C20H19FN6O/c1-11(12-4-6-14(21)7-5-12)27-19-15(22-20(27)28)8-9-17(24-19)23-18-10-16(25-26-18)13-2-3-13/h4-11,13H,2-3H2,1H3,(H,22,28)(H2,23,24,25,26). The Kier molecular flexibility index (Phi) is 3.78. The highest BCUT2D eigenvalue weighted by molar-refractivity contribution is 5.74. The van der Waals surface area contributed by atoms with Gasteiger partial charge in [0, 0.05) is 17.7 Å². The van der Waals surface area contributed by atoms with Crippen LogP contribution in [-0.2, 0) is 0 Å². The minimum Gasteiger partial charge on any atom is -0.323 e. The summed E-state index contributed by atoms with van der Waals surface area (Å²) in [6.07, 6.45) is 2.39. The number of nitrogens with zero attached hydrogens (tertiary/aromatic N) is 3. The van der Waals surface area contributed by atoms with Crippen LogP contribution in [0.4, 0.5) is 16.0 Å². The maximum absolute atomic E-state index is 13.2. The third-order valence-corrected chi connectivity index (χ3v) is 5.17. The average Bonchev–Trinajstić information content (AvgIpc) is 3.34. The molecule has 0 spiro atoms. The number of rotatable bonds is 5. The maximum atomic E-state index is 13.2. The van der Waals surface area contributed by atoms with Gasteiger partial charge in [-0.25, -0.2) is 14.2 Å². The van der Waals surface area contributed by atoms with Gasteiger partial charge in [-0.15, -0.1) is 0 Å². The molecular weight excluding hydrogens is 359 g/mol. The molecule has 1 unspecified atom stereocenters. The second-order valence-electron chi connectivity index (χ2n) is 7.20. The van der Waals surface area contributed by atoms with E-state index in [4.69, 9.17) is 0 Å². The first-order valence-corrected chi connectivity index (χ1v) is 9.27. The molecule has 0 amide bonds. The Hall–Kier alpha value is -3.42. The second-order valence-corrected chi connectivity index (χ2v) is 7.20. The first-order chi connectivity index (χ1) is 13.6. The van der Waals surface area contributed by atoms with Gasteiger partial charge in [0.2, 0.25) is 0 Å². The molecule has 1 aromatic carbocycles. The smallest absolute Gasteiger partial charge is 0.323 e. The molecule has 5 rings (SSSR count). The maximum Gasteiger partial charge on any atom is 0.328 e. The van der Waals surface area contributed by atoms with Gasteiger partial charge in [0.1, 0.15) is 11.6 Å². The third kappa shape index (κ3) is 2.96. The molecular formula is C20H19FN6O. The molecule has 142 valence electrons. The Labute approximate surface area is 159 Å². The van der Waals surface area contributed by atoms with Crippen LogP contribution in [0.25, 0.3) is 11.2 Å². The fourth-order valence-corrected chi connectivity index (χ4v) is 3.46. The average molecular weight is 378 g/mol. The highest BCUT2D eigenvalue weighted by Gasteiger charge is 2.25. The molecule has 28 heavy (non-hydrogen) atoms. The van der Waals surface area contributed by atoms with Crippen molar-refractivity contribution in [3.8, 4) is 0 Å². The number of anilines is 2. The largest absolute Gasteiger partial charge is 0.328 e. The number of aromatic amines is 2. The molecule has 3 N–H and O–H groups in total. The number of H-pyrrole nitrogens is 2. The van der Waals surface area contributed by atoms with E-state index in [0.29, 0.717) is 28.7 Å². The van der Waals surface area contributed by atoms with E-state index >= 15 is 0 Å². The SMILES string of the molecule is CC(c1ccc(F)cc1)n1c(=O)[nH]c2ccc(Nc3cc(C4CC4)[nH]n3)nc21. The van der Waals surface area contributed by atoms with Crippen molar-refractivity contribution in [1.82, 2.24) is 24.7 Å². The van der Waals surface area contributed by atoms with Crippen LogP contribution < -0.4 is 11.0 Å². The van der Waals surface area contributed by atoms with Crippen molar-refractivity contribution >= 4 is 22.8 Å². The lowest BCUT2D eigenvalue weighted by Gasteiger charge is -2.14. The number of imidazole rings is 1. The fourth-order valence-electron chi connectivity index (χ4n) is 3.46. The molecule has 0 radical (unpaired) electrons. The van der Waals surface area contributed by atoms with Crippen LogP contribution in [-0.4, -0.2) is 24.7 Å². The Balaban J connectivity index is 1.50. The zero-order chi connectivity index (χ0) is 19.3. The molecule has 1 atom stereocenters. The van der Waals surface area contributed by atoms with E-state index in [1.807, 2.05) is 19.1 Å². The Bertz CT molecular complexity index is 1200. The lowest BCUT2D eigenvalue weighted by molar-refractivity contribution is 0.612. The monoisotopic (exact) mass is 378 g/mol. The van der Waals surface area contributed by atoms with Crippen molar-refractivity contribution in [2.45, 2.75) is 31.7 Å². The van der Waals surface area contributed by atoms with Crippen molar-refractivity contribution in [1.29, 1.82) is 0 Å².